The summed E-state index contributed by atoms with van der Waals surface area (Å²) in [5.41, 5.74) is 0. The van der Waals surface area contributed by atoms with Gasteiger partial charge in [-0.1, -0.05) is 23.2 Å². The van der Waals surface area contributed by atoms with Crippen LogP contribution in [0, 0.1) is 5.92 Å². The molecule has 1 fully saturated rings. The van der Waals surface area contributed by atoms with E-state index in [1.54, 1.807) is 0 Å². The number of hydrogen-bond donors (Lipinski definition) is 2. The van der Waals surface area contributed by atoms with Gasteiger partial charge in [0.15, 0.2) is 0 Å². The molecule has 0 saturated carbocycles. The van der Waals surface area contributed by atoms with Crippen molar-refractivity contribution in [1.29, 1.82) is 0 Å². The second kappa shape index (κ2) is 7.82. The molecule has 114 valence electrons. The van der Waals surface area contributed by atoms with Crippen LogP contribution in [0.3, 0.4) is 0 Å². The fraction of sp³-hybridized carbons (Fsp3) is 0.500. The zero-order chi connectivity index (χ0) is 13.9. The first kappa shape index (κ1) is 18.0. The normalized spacial score (nSPS) is 18.8. The number of hydrogen-bond acceptors (Lipinski definition) is 3. The summed E-state index contributed by atoms with van der Waals surface area (Å²) in [6.07, 6.45) is 1.95. The summed E-state index contributed by atoms with van der Waals surface area (Å²) < 4.78 is 26.7. The molecule has 0 amide bonds. The van der Waals surface area contributed by atoms with Crippen LogP contribution >= 0.6 is 35.6 Å². The maximum Gasteiger partial charge on any atom is 0.240 e. The van der Waals surface area contributed by atoms with Gasteiger partial charge in [0.05, 0.1) is 14.9 Å². The van der Waals surface area contributed by atoms with Gasteiger partial charge in [0.25, 0.3) is 0 Å². The average molecular weight is 360 g/mol. The molecule has 1 aliphatic rings. The summed E-state index contributed by atoms with van der Waals surface area (Å²) in [7, 11) is -3.50. The minimum atomic E-state index is -3.50. The van der Waals surface area contributed by atoms with Gasteiger partial charge in [-0.2, -0.15) is 0 Å². The lowest BCUT2D eigenvalue weighted by atomic mass is 10.1. The Bertz CT molecular complexity index is 546. The van der Waals surface area contributed by atoms with Crippen molar-refractivity contribution in [3.63, 3.8) is 0 Å². The van der Waals surface area contributed by atoms with Crippen molar-refractivity contribution in [3.8, 4) is 0 Å². The Labute approximate surface area is 135 Å². The quantitative estimate of drug-likeness (QED) is 0.850. The Morgan fingerprint density at radius 3 is 2.65 bits per heavy atom. The SMILES string of the molecule is Cl.O=S(=O)(NCCC1CCNC1)c1ccc(Cl)c(Cl)c1. The summed E-state index contributed by atoms with van der Waals surface area (Å²) in [5, 5.41) is 3.84. The predicted octanol–water partition coefficient (Wildman–Crippen LogP) is 2.69. The maximum atomic E-state index is 12.0. The summed E-state index contributed by atoms with van der Waals surface area (Å²) in [5.74, 6) is 0.552. The fourth-order valence-corrected chi connectivity index (χ4v) is 3.52. The van der Waals surface area contributed by atoms with Crippen LogP contribution < -0.4 is 10.0 Å². The molecular weight excluding hydrogens is 343 g/mol. The van der Waals surface area contributed by atoms with E-state index in [2.05, 4.69) is 10.0 Å². The largest absolute Gasteiger partial charge is 0.316 e. The lowest BCUT2D eigenvalue weighted by Gasteiger charge is -2.10. The van der Waals surface area contributed by atoms with E-state index in [0.29, 0.717) is 17.5 Å². The molecule has 0 aliphatic carbocycles. The highest BCUT2D eigenvalue weighted by molar-refractivity contribution is 7.89. The van der Waals surface area contributed by atoms with Crippen molar-refractivity contribution in [2.75, 3.05) is 19.6 Å². The minimum absolute atomic E-state index is 0. The van der Waals surface area contributed by atoms with Crippen LogP contribution in [0.4, 0.5) is 0 Å². The van der Waals surface area contributed by atoms with Gasteiger partial charge in [-0.05, 0) is 50.0 Å². The number of rotatable bonds is 5. The molecule has 4 nitrogen and oxygen atoms in total. The van der Waals surface area contributed by atoms with Crippen LogP contribution in [-0.2, 0) is 10.0 Å². The van der Waals surface area contributed by atoms with Crippen molar-refractivity contribution in [2.45, 2.75) is 17.7 Å². The van der Waals surface area contributed by atoms with E-state index in [1.165, 1.54) is 18.2 Å². The van der Waals surface area contributed by atoms with Gasteiger partial charge < -0.3 is 5.32 Å². The molecule has 2 rings (SSSR count). The Kier molecular flexibility index (Phi) is 7.04. The molecule has 8 heteroatoms. The molecule has 1 unspecified atom stereocenters. The standard InChI is InChI=1S/C12H16Cl2N2O2S.ClH/c13-11-2-1-10(7-12(11)14)19(17,18)16-6-4-9-3-5-15-8-9;/h1-2,7,9,15-16H,3-6,8H2;1H. The second-order valence-corrected chi connectivity index (χ2v) is 7.20. The molecule has 0 spiro atoms. The zero-order valence-electron chi connectivity index (χ0n) is 10.7. The predicted molar refractivity (Wildman–Crippen MR) is 84.5 cm³/mol. The van der Waals surface area contributed by atoms with E-state index in [9.17, 15) is 8.42 Å². The maximum absolute atomic E-state index is 12.0. The van der Waals surface area contributed by atoms with Gasteiger partial charge in [0, 0.05) is 6.54 Å². The van der Waals surface area contributed by atoms with Crippen LogP contribution in [-0.4, -0.2) is 28.1 Å². The number of halogens is 3. The van der Waals surface area contributed by atoms with E-state index < -0.39 is 10.0 Å². The lowest BCUT2D eigenvalue weighted by molar-refractivity contribution is 0.519. The minimum Gasteiger partial charge on any atom is -0.316 e. The van der Waals surface area contributed by atoms with Crippen molar-refractivity contribution in [2.24, 2.45) is 5.92 Å². The van der Waals surface area contributed by atoms with Gasteiger partial charge in [-0.3, -0.25) is 0 Å². The molecule has 1 aromatic carbocycles. The third-order valence-electron chi connectivity index (χ3n) is 3.21. The van der Waals surface area contributed by atoms with Gasteiger partial charge in [-0.15, -0.1) is 12.4 Å². The van der Waals surface area contributed by atoms with Crippen LogP contribution in [0.1, 0.15) is 12.8 Å². The Morgan fingerprint density at radius 2 is 2.05 bits per heavy atom. The highest BCUT2D eigenvalue weighted by atomic mass is 35.5. The first-order chi connectivity index (χ1) is 8.99. The summed E-state index contributed by atoms with van der Waals surface area (Å²) in [6.45, 7) is 2.42. The second-order valence-electron chi connectivity index (χ2n) is 4.62. The van der Waals surface area contributed by atoms with E-state index in [-0.39, 0.29) is 22.3 Å². The Morgan fingerprint density at radius 1 is 1.30 bits per heavy atom. The Hall–Kier alpha value is -0.0400. The van der Waals surface area contributed by atoms with E-state index in [4.69, 9.17) is 23.2 Å². The Balaban J connectivity index is 0.00000200. The number of sulfonamides is 1. The molecule has 1 aliphatic heterocycles. The van der Waals surface area contributed by atoms with Crippen LogP contribution in [0.25, 0.3) is 0 Å². The number of benzene rings is 1. The average Bonchev–Trinajstić information content (AvgIpc) is 2.85. The first-order valence-electron chi connectivity index (χ1n) is 6.14. The number of nitrogens with one attached hydrogen (secondary N) is 2. The van der Waals surface area contributed by atoms with Gasteiger partial charge in [0.2, 0.25) is 10.0 Å². The molecule has 0 aromatic heterocycles. The fourth-order valence-electron chi connectivity index (χ4n) is 2.09. The highest BCUT2D eigenvalue weighted by Gasteiger charge is 2.18. The van der Waals surface area contributed by atoms with Gasteiger partial charge >= 0.3 is 0 Å². The van der Waals surface area contributed by atoms with Crippen LogP contribution in [0.2, 0.25) is 10.0 Å². The van der Waals surface area contributed by atoms with Crippen molar-refractivity contribution in [1.82, 2.24) is 10.0 Å². The topological polar surface area (TPSA) is 58.2 Å². The lowest BCUT2D eigenvalue weighted by Crippen LogP contribution is -2.26. The monoisotopic (exact) mass is 358 g/mol. The highest BCUT2D eigenvalue weighted by Crippen LogP contribution is 2.24. The third-order valence-corrected chi connectivity index (χ3v) is 5.41. The smallest absolute Gasteiger partial charge is 0.240 e. The van der Waals surface area contributed by atoms with E-state index in [0.717, 1.165) is 25.9 Å². The molecule has 1 heterocycles. The van der Waals surface area contributed by atoms with Crippen LogP contribution in [0.15, 0.2) is 23.1 Å². The van der Waals surface area contributed by atoms with E-state index >= 15 is 0 Å². The van der Waals surface area contributed by atoms with Crippen molar-refractivity contribution < 1.29 is 8.42 Å². The van der Waals surface area contributed by atoms with Gasteiger partial charge in [0.1, 0.15) is 0 Å². The molecule has 1 saturated heterocycles. The summed E-state index contributed by atoms with van der Waals surface area (Å²) >= 11 is 11.6. The van der Waals surface area contributed by atoms with Gasteiger partial charge in [-0.25, -0.2) is 13.1 Å². The summed E-state index contributed by atoms with van der Waals surface area (Å²) in [6, 6.07) is 4.30. The molecule has 2 N–H and O–H groups in total. The molecule has 0 radical (unpaired) electrons. The first-order valence-corrected chi connectivity index (χ1v) is 8.38. The van der Waals surface area contributed by atoms with Crippen molar-refractivity contribution >= 4 is 45.6 Å². The van der Waals surface area contributed by atoms with E-state index in [1.807, 2.05) is 0 Å². The molecular formula is C12H17Cl3N2O2S. The van der Waals surface area contributed by atoms with Crippen molar-refractivity contribution in [3.05, 3.63) is 28.2 Å². The molecule has 0 bridgehead atoms. The zero-order valence-corrected chi connectivity index (χ0v) is 13.9. The molecule has 1 atom stereocenters. The molecule has 1 aromatic rings. The van der Waals surface area contributed by atoms with Crippen LogP contribution in [0.5, 0.6) is 0 Å². The third kappa shape index (κ3) is 4.76. The molecule has 20 heavy (non-hydrogen) atoms. The summed E-state index contributed by atoms with van der Waals surface area (Å²) in [4.78, 5) is 0.145.